The predicted octanol–water partition coefficient (Wildman–Crippen LogP) is 6.87. The van der Waals surface area contributed by atoms with Crippen LogP contribution in [0.5, 0.6) is 11.5 Å². The van der Waals surface area contributed by atoms with Crippen LogP contribution >= 0.6 is 11.3 Å². The molecule has 4 aromatic rings. The number of nitrogens with zero attached hydrogens (tertiary/aromatic N) is 3. The fourth-order valence-corrected chi connectivity index (χ4v) is 9.59. The number of methoxy groups -OCH3 is 1. The maximum atomic E-state index is 14.5. The van der Waals surface area contributed by atoms with Crippen molar-refractivity contribution in [2.75, 3.05) is 30.8 Å². The second kappa shape index (κ2) is 17.3. The number of hydrogen-bond acceptors (Lipinski definition) is 13. The third-order valence-electron chi connectivity index (χ3n) is 10.5. The molecule has 7 rings (SSSR count). The molecule has 0 unspecified atom stereocenters. The molecule has 2 aliphatic heterocycles. The molecule has 15 nitrogen and oxygen atoms in total. The first kappa shape index (κ1) is 42.7. The number of anilines is 2. The van der Waals surface area contributed by atoms with E-state index in [-0.39, 0.29) is 30.3 Å². The van der Waals surface area contributed by atoms with E-state index in [0.717, 1.165) is 30.8 Å². The molecular weight excluding hydrogens is 807 g/mol. The number of hydrogen-bond donors (Lipinski definition) is 4. The predicted molar refractivity (Wildman–Crippen MR) is 231 cm³/mol. The van der Waals surface area contributed by atoms with Gasteiger partial charge in [0.1, 0.15) is 45.4 Å². The van der Waals surface area contributed by atoms with Crippen LogP contribution in [0.2, 0.25) is 0 Å². The Morgan fingerprint density at radius 3 is 2.62 bits per heavy atom. The molecule has 2 aromatic heterocycles. The van der Waals surface area contributed by atoms with Crippen LogP contribution in [0.1, 0.15) is 73.1 Å². The summed E-state index contributed by atoms with van der Waals surface area (Å²) < 4.78 is 47.7. The smallest absolute Gasteiger partial charge is 0.411 e. The summed E-state index contributed by atoms with van der Waals surface area (Å²) in [6, 6.07) is 12.7. The van der Waals surface area contributed by atoms with Crippen LogP contribution in [0, 0.1) is 5.92 Å². The van der Waals surface area contributed by atoms with Gasteiger partial charge in [-0.05, 0) is 84.6 Å². The fourth-order valence-electron chi connectivity index (χ4n) is 7.52. The van der Waals surface area contributed by atoms with E-state index < -0.39 is 57.1 Å². The number of likely N-dealkylation sites (tertiary alicyclic amines) is 1. The summed E-state index contributed by atoms with van der Waals surface area (Å²) in [7, 11) is -2.77. The average Bonchev–Trinajstić information content (AvgIpc) is 3.45. The Morgan fingerprint density at radius 1 is 1.05 bits per heavy atom. The van der Waals surface area contributed by atoms with Crippen LogP contribution in [-0.2, 0) is 24.3 Å². The number of thiazole rings is 1. The van der Waals surface area contributed by atoms with Gasteiger partial charge in [0.2, 0.25) is 5.91 Å². The maximum absolute atomic E-state index is 14.5. The number of allylic oxidation sites excluding steroid dienone is 1. The van der Waals surface area contributed by atoms with E-state index in [1.807, 2.05) is 37.4 Å². The minimum Gasteiger partial charge on any atom is -0.497 e. The highest BCUT2D eigenvalue weighted by Gasteiger charge is 2.61. The molecule has 4 heterocycles. The molecule has 3 aliphatic rings. The SMILES string of the molecule is COc1ccc2c(O[C@@H]3C[C@@H](C(=O)N[C@]45C[C@H]4/C=C\CCCCCNc4ccccc4S(=O)(=O)NC5=O)N(C(=O)OC(C)(C)C)C3)cc(-c3csc(NC(C)C)n3)nc2c1. The third kappa shape index (κ3) is 9.62. The van der Waals surface area contributed by atoms with Gasteiger partial charge >= 0.3 is 6.09 Å². The minimum atomic E-state index is -4.35. The molecule has 4 N–H and O–H groups in total. The van der Waals surface area contributed by atoms with Gasteiger partial charge in [0, 0.05) is 47.8 Å². The molecule has 17 heteroatoms. The molecule has 2 fully saturated rings. The first-order chi connectivity index (χ1) is 28.5. The zero-order valence-electron chi connectivity index (χ0n) is 34.7. The lowest BCUT2D eigenvalue weighted by Crippen LogP contribution is -2.56. The monoisotopic (exact) mass is 859 g/mol. The summed E-state index contributed by atoms with van der Waals surface area (Å²) >= 11 is 1.46. The van der Waals surface area contributed by atoms with Crippen molar-refractivity contribution < 1.29 is 37.0 Å². The second-order valence-corrected chi connectivity index (χ2v) is 19.3. The number of rotatable bonds is 8. The van der Waals surface area contributed by atoms with Crippen molar-refractivity contribution in [2.45, 2.75) is 107 Å². The lowest BCUT2D eigenvalue weighted by atomic mass is 10.1. The van der Waals surface area contributed by atoms with Gasteiger partial charge in [0.25, 0.3) is 15.9 Å². The van der Waals surface area contributed by atoms with E-state index in [9.17, 15) is 22.8 Å². The van der Waals surface area contributed by atoms with Crippen LogP contribution in [0.15, 0.2) is 71.0 Å². The van der Waals surface area contributed by atoms with Crippen molar-refractivity contribution in [1.82, 2.24) is 24.9 Å². The first-order valence-electron chi connectivity index (χ1n) is 20.3. The van der Waals surface area contributed by atoms with Crippen molar-refractivity contribution in [3.63, 3.8) is 0 Å². The summed E-state index contributed by atoms with van der Waals surface area (Å²) in [5.74, 6) is -0.894. The van der Waals surface area contributed by atoms with Gasteiger partial charge in [-0.25, -0.2) is 27.9 Å². The number of aromatic nitrogens is 2. The molecule has 1 saturated carbocycles. The zero-order chi connectivity index (χ0) is 42.8. The zero-order valence-corrected chi connectivity index (χ0v) is 36.4. The van der Waals surface area contributed by atoms with Gasteiger partial charge < -0.3 is 30.2 Å². The summed E-state index contributed by atoms with van der Waals surface area (Å²) in [6.45, 7) is 9.83. The Morgan fingerprint density at radius 2 is 1.85 bits per heavy atom. The van der Waals surface area contributed by atoms with Crippen LogP contribution in [-0.4, -0.2) is 90.7 Å². The number of carbonyl (C=O) groups excluding carboxylic acids is 3. The van der Waals surface area contributed by atoms with Gasteiger partial charge in [-0.1, -0.05) is 30.7 Å². The van der Waals surface area contributed by atoms with E-state index in [0.29, 0.717) is 46.0 Å². The third-order valence-corrected chi connectivity index (χ3v) is 12.7. The molecule has 320 valence electrons. The summed E-state index contributed by atoms with van der Waals surface area (Å²) in [5, 5.41) is 12.8. The van der Waals surface area contributed by atoms with Crippen molar-refractivity contribution in [3.05, 3.63) is 66.1 Å². The van der Waals surface area contributed by atoms with Crippen molar-refractivity contribution in [2.24, 2.45) is 5.92 Å². The lowest BCUT2D eigenvalue weighted by Gasteiger charge is -2.29. The normalized spacial score (nSPS) is 23.5. The molecular formula is C43H53N7O8S2. The molecule has 0 radical (unpaired) electrons. The standard InChI is InChI=1S/C43H53N7O8S2/c1-26(2)45-40-47-34(25-59-40)33-22-36(30-18-17-28(56-6)20-32(30)46-33)57-29-21-35(50(24-29)41(53)58-42(3,4)5)38(51)48-43-23-27(43)14-10-8-7-9-13-19-44-31-15-11-12-16-37(31)60(54,55)49-39(43)52/h10-12,14-18,20,22,25-27,29,35,44H,7-9,13,19,21,23-24H2,1-6H3,(H,45,47)(H,48,51)(H,49,52)/b14-10-/t27-,29-,35+,43-/m1/s1. The van der Waals surface area contributed by atoms with E-state index in [2.05, 4.69) is 20.7 Å². The van der Waals surface area contributed by atoms with Gasteiger partial charge in [-0.2, -0.15) is 0 Å². The highest BCUT2D eigenvalue weighted by Crippen LogP contribution is 2.46. The van der Waals surface area contributed by atoms with Crippen LogP contribution in [0.3, 0.4) is 0 Å². The molecule has 0 spiro atoms. The van der Waals surface area contributed by atoms with Gasteiger partial charge in [0.05, 0.1) is 30.6 Å². The largest absolute Gasteiger partial charge is 0.497 e. The molecule has 2 aromatic carbocycles. The summed E-state index contributed by atoms with van der Waals surface area (Å²) in [4.78, 5) is 53.4. The summed E-state index contributed by atoms with van der Waals surface area (Å²) in [5.41, 5.74) is -0.270. The van der Waals surface area contributed by atoms with Gasteiger partial charge in [-0.15, -0.1) is 11.3 Å². The highest BCUT2D eigenvalue weighted by molar-refractivity contribution is 7.90. The number of sulfonamides is 1. The minimum absolute atomic E-state index is 0.0118. The van der Waals surface area contributed by atoms with E-state index >= 15 is 0 Å². The Hall–Kier alpha value is -5.42. The van der Waals surface area contributed by atoms with Crippen LogP contribution in [0.4, 0.5) is 15.6 Å². The van der Waals surface area contributed by atoms with Crippen LogP contribution < -0.4 is 30.1 Å². The fraction of sp³-hybridized carbons (Fsp3) is 0.465. The number of carbonyl (C=O) groups is 3. The van der Waals surface area contributed by atoms with Crippen molar-refractivity contribution >= 4 is 61.0 Å². The maximum Gasteiger partial charge on any atom is 0.411 e. The number of benzene rings is 2. The number of amides is 3. The second-order valence-electron chi connectivity index (χ2n) is 16.8. The number of ether oxygens (including phenoxy) is 3. The molecule has 60 heavy (non-hydrogen) atoms. The van der Waals surface area contributed by atoms with Crippen LogP contribution in [0.25, 0.3) is 22.3 Å². The van der Waals surface area contributed by atoms with E-state index in [4.69, 9.17) is 24.2 Å². The summed E-state index contributed by atoms with van der Waals surface area (Å²) in [6.07, 6.45) is 6.09. The van der Waals surface area contributed by atoms with E-state index in [1.165, 1.54) is 22.3 Å². The number of pyridine rings is 1. The van der Waals surface area contributed by atoms with Crippen molar-refractivity contribution in [3.8, 4) is 22.9 Å². The number of fused-ring (bicyclic) bond motifs is 3. The Labute approximate surface area is 354 Å². The average molecular weight is 860 g/mol. The molecule has 0 bridgehead atoms. The molecule has 1 saturated heterocycles. The quantitative estimate of drug-likeness (QED) is 0.135. The Balaban J connectivity index is 1.19. The Bertz CT molecular complexity index is 2400. The number of nitrogens with one attached hydrogen (secondary N) is 4. The molecule has 4 atom stereocenters. The highest BCUT2D eigenvalue weighted by atomic mass is 32.2. The van der Waals surface area contributed by atoms with E-state index in [1.54, 1.807) is 64.3 Å². The molecule has 1 aliphatic carbocycles. The lowest BCUT2D eigenvalue weighted by molar-refractivity contribution is -0.131. The Kier molecular flexibility index (Phi) is 12.3. The van der Waals surface area contributed by atoms with Gasteiger partial charge in [-0.3, -0.25) is 14.5 Å². The molecule has 3 amide bonds. The number of para-hydroxylation sites is 1. The topological polar surface area (TPSA) is 190 Å². The van der Waals surface area contributed by atoms with Gasteiger partial charge in [0.15, 0.2) is 5.13 Å². The van der Waals surface area contributed by atoms with Crippen molar-refractivity contribution in [1.29, 1.82) is 0 Å². The first-order valence-corrected chi connectivity index (χ1v) is 22.7.